The van der Waals surface area contributed by atoms with Crippen molar-refractivity contribution in [2.24, 2.45) is 13.0 Å². The molecule has 41 heavy (non-hydrogen) atoms. The van der Waals surface area contributed by atoms with Gasteiger partial charge in [-0.3, -0.25) is 19.7 Å². The van der Waals surface area contributed by atoms with Gasteiger partial charge in [0.1, 0.15) is 0 Å². The molecule has 2 unspecified atom stereocenters. The molecule has 5 heterocycles. The van der Waals surface area contributed by atoms with E-state index in [2.05, 4.69) is 49.4 Å². The summed E-state index contributed by atoms with van der Waals surface area (Å²) >= 11 is 0. The third kappa shape index (κ3) is 5.64. The number of β-amino-alcohol motifs (C(OH)–C–C–N with tert-alkyl or cyclic N) is 1. The number of anilines is 1. The highest BCUT2D eigenvalue weighted by atomic mass is 16.3. The second-order valence-electron chi connectivity index (χ2n) is 11.7. The first-order chi connectivity index (χ1) is 19.9. The Morgan fingerprint density at radius 1 is 1.05 bits per heavy atom. The van der Waals surface area contributed by atoms with Crippen molar-refractivity contribution in [3.8, 4) is 0 Å². The Hall–Kier alpha value is -3.59. The van der Waals surface area contributed by atoms with E-state index in [0.717, 1.165) is 65.9 Å². The van der Waals surface area contributed by atoms with Crippen molar-refractivity contribution in [1.82, 2.24) is 24.8 Å². The fourth-order valence-electron chi connectivity index (χ4n) is 6.87. The lowest BCUT2D eigenvalue weighted by Gasteiger charge is -2.49. The number of aliphatic hydroxyl groups excluding tert-OH is 1. The predicted octanol–water partition coefficient (Wildman–Crippen LogP) is 4.09. The molecule has 0 bridgehead atoms. The van der Waals surface area contributed by atoms with Crippen molar-refractivity contribution in [3.63, 3.8) is 0 Å². The number of nitrogens with one attached hydrogen (secondary N) is 1. The number of pyridine rings is 3. The number of nitrogens with zero attached hydrogens (tertiary/aromatic N) is 5. The summed E-state index contributed by atoms with van der Waals surface area (Å²) in [6.07, 6.45) is 8.45. The first-order valence-corrected chi connectivity index (χ1v) is 14.7. The fraction of sp³-hybridized carbons (Fsp3) is 0.424. The van der Waals surface area contributed by atoms with Crippen LogP contribution >= 0.6 is 0 Å². The maximum absolute atomic E-state index is 13.5. The molecule has 2 saturated heterocycles. The van der Waals surface area contributed by atoms with E-state index in [9.17, 15) is 9.90 Å². The molecule has 214 valence electrons. The lowest BCUT2D eigenvalue weighted by Crippen LogP contribution is -2.58. The standard InChI is InChI=1S/C33H40N6O2/c1-22-10-11-26(19-35-22)39-15-6-8-29(33(39)38-16-13-27(40)21-38)31(24-12-14-34-23(2)17-24)36-18-25-20-37(3)30-9-5-4-7-28(30)32(25)41/h4-5,7,9-12,14,17,19-20,27,29,31,33,36,40H,6,8,13,15-16,18,21H2,1-3H3/t27-,29+,31?,33?/m1/s1. The van der Waals surface area contributed by atoms with Crippen molar-refractivity contribution in [2.45, 2.75) is 58.0 Å². The van der Waals surface area contributed by atoms with Crippen LogP contribution in [0.2, 0.25) is 0 Å². The molecule has 3 aromatic heterocycles. The molecule has 1 aromatic carbocycles. The number of benzene rings is 1. The topological polar surface area (TPSA) is 86.5 Å². The number of rotatable bonds is 7. The van der Waals surface area contributed by atoms with Gasteiger partial charge in [-0.2, -0.15) is 0 Å². The van der Waals surface area contributed by atoms with Crippen LogP contribution in [0.5, 0.6) is 0 Å². The number of fused-ring (bicyclic) bond motifs is 1. The van der Waals surface area contributed by atoms with Gasteiger partial charge in [-0.15, -0.1) is 0 Å². The molecule has 4 atom stereocenters. The highest BCUT2D eigenvalue weighted by molar-refractivity contribution is 5.79. The van der Waals surface area contributed by atoms with Crippen LogP contribution in [-0.2, 0) is 13.6 Å². The van der Waals surface area contributed by atoms with Gasteiger partial charge in [0.05, 0.1) is 29.7 Å². The minimum absolute atomic E-state index is 0.0168. The molecule has 0 saturated carbocycles. The Kier molecular flexibility index (Phi) is 7.88. The van der Waals surface area contributed by atoms with Gasteiger partial charge >= 0.3 is 0 Å². The zero-order valence-corrected chi connectivity index (χ0v) is 24.2. The van der Waals surface area contributed by atoms with Crippen molar-refractivity contribution < 1.29 is 5.11 Å². The molecule has 0 spiro atoms. The molecule has 2 aliphatic heterocycles. The van der Waals surface area contributed by atoms with Crippen LogP contribution in [0, 0.1) is 19.8 Å². The Bertz CT molecular complexity index is 1570. The van der Waals surface area contributed by atoms with Gasteiger partial charge in [-0.05, 0) is 75.1 Å². The second-order valence-corrected chi connectivity index (χ2v) is 11.7. The van der Waals surface area contributed by atoms with Gasteiger partial charge in [-0.1, -0.05) is 12.1 Å². The maximum atomic E-state index is 13.5. The SMILES string of the molecule is Cc1ccc(N2CCC[C@@H](C(NCc3cn(C)c4ccccc4c3=O)c3ccnc(C)c3)C2N2CC[C@@H](O)C2)cn1. The van der Waals surface area contributed by atoms with Crippen LogP contribution in [0.25, 0.3) is 10.9 Å². The lowest BCUT2D eigenvalue weighted by molar-refractivity contribution is 0.0916. The molecule has 2 aliphatic rings. The fourth-order valence-corrected chi connectivity index (χ4v) is 6.87. The molecule has 0 amide bonds. The van der Waals surface area contributed by atoms with Crippen LogP contribution < -0.4 is 15.6 Å². The van der Waals surface area contributed by atoms with Crippen molar-refractivity contribution in [1.29, 1.82) is 0 Å². The van der Waals surface area contributed by atoms with Gasteiger partial charge in [0.2, 0.25) is 0 Å². The van der Waals surface area contributed by atoms with Crippen LogP contribution in [0.3, 0.4) is 0 Å². The minimum atomic E-state index is -0.314. The highest BCUT2D eigenvalue weighted by Crippen LogP contribution is 2.39. The number of aromatic nitrogens is 3. The van der Waals surface area contributed by atoms with E-state index in [1.165, 1.54) is 5.56 Å². The summed E-state index contributed by atoms with van der Waals surface area (Å²) in [6.45, 7) is 6.95. The largest absolute Gasteiger partial charge is 0.392 e. The zero-order valence-electron chi connectivity index (χ0n) is 24.2. The minimum Gasteiger partial charge on any atom is -0.392 e. The second kappa shape index (κ2) is 11.7. The molecule has 8 nitrogen and oxygen atoms in total. The molecule has 8 heteroatoms. The smallest absolute Gasteiger partial charge is 0.193 e. The van der Waals surface area contributed by atoms with Crippen molar-refractivity contribution >= 4 is 16.6 Å². The summed E-state index contributed by atoms with van der Waals surface area (Å²) < 4.78 is 2.04. The highest BCUT2D eigenvalue weighted by Gasteiger charge is 2.42. The number of likely N-dealkylation sites (tertiary alicyclic amines) is 1. The average molecular weight is 553 g/mol. The summed E-state index contributed by atoms with van der Waals surface area (Å²) in [7, 11) is 2.00. The normalized spacial score (nSPS) is 22.3. The van der Waals surface area contributed by atoms with E-state index in [-0.39, 0.29) is 29.7 Å². The van der Waals surface area contributed by atoms with E-state index in [1.54, 1.807) is 0 Å². The number of aryl methyl sites for hydroxylation is 3. The van der Waals surface area contributed by atoms with Gasteiger partial charge in [0.15, 0.2) is 5.43 Å². The van der Waals surface area contributed by atoms with Crippen LogP contribution in [0.15, 0.2) is 71.9 Å². The van der Waals surface area contributed by atoms with E-state index in [4.69, 9.17) is 0 Å². The number of aliphatic hydroxyl groups is 1. The third-order valence-electron chi connectivity index (χ3n) is 8.83. The van der Waals surface area contributed by atoms with E-state index in [1.807, 2.05) is 68.3 Å². The number of para-hydroxylation sites is 1. The summed E-state index contributed by atoms with van der Waals surface area (Å²) in [4.78, 5) is 27.6. The molecule has 2 N–H and O–H groups in total. The van der Waals surface area contributed by atoms with Gasteiger partial charge in [0.25, 0.3) is 0 Å². The first-order valence-electron chi connectivity index (χ1n) is 14.7. The summed E-state index contributed by atoms with van der Waals surface area (Å²) in [5.74, 6) is 0.210. The van der Waals surface area contributed by atoms with Gasteiger partial charge in [-0.25, -0.2) is 0 Å². The van der Waals surface area contributed by atoms with Crippen molar-refractivity contribution in [2.75, 3.05) is 24.5 Å². The predicted molar refractivity (Wildman–Crippen MR) is 163 cm³/mol. The van der Waals surface area contributed by atoms with E-state index in [0.29, 0.717) is 13.1 Å². The lowest BCUT2D eigenvalue weighted by atomic mass is 9.82. The van der Waals surface area contributed by atoms with Crippen LogP contribution in [0.4, 0.5) is 5.69 Å². The molecule has 0 aliphatic carbocycles. The molecular weight excluding hydrogens is 512 g/mol. The Morgan fingerprint density at radius 3 is 2.66 bits per heavy atom. The Morgan fingerprint density at radius 2 is 1.90 bits per heavy atom. The summed E-state index contributed by atoms with van der Waals surface area (Å²) in [5.41, 5.74) is 6.02. The third-order valence-corrected chi connectivity index (χ3v) is 8.83. The molecule has 6 rings (SSSR count). The molecule has 4 aromatic rings. The van der Waals surface area contributed by atoms with Crippen LogP contribution in [-0.4, -0.2) is 56.4 Å². The maximum Gasteiger partial charge on any atom is 0.193 e. The van der Waals surface area contributed by atoms with Crippen molar-refractivity contribution in [3.05, 3.63) is 99.9 Å². The monoisotopic (exact) mass is 552 g/mol. The Balaban J connectivity index is 1.39. The summed E-state index contributed by atoms with van der Waals surface area (Å²) in [5, 5.41) is 15.2. The quantitative estimate of drug-likeness (QED) is 0.357. The number of hydrogen-bond acceptors (Lipinski definition) is 7. The van der Waals surface area contributed by atoms with E-state index < -0.39 is 0 Å². The zero-order chi connectivity index (χ0) is 28.5. The molecule has 0 radical (unpaired) electrons. The average Bonchev–Trinajstić information content (AvgIpc) is 3.41. The Labute approximate surface area is 241 Å². The van der Waals surface area contributed by atoms with Gasteiger partial charge in [0, 0.05) is 79.9 Å². The molecular formula is C33H40N6O2. The van der Waals surface area contributed by atoms with E-state index >= 15 is 0 Å². The number of piperidine rings is 1. The summed E-state index contributed by atoms with van der Waals surface area (Å²) in [6, 6.07) is 16.3. The van der Waals surface area contributed by atoms with Crippen LogP contribution in [0.1, 0.15) is 47.8 Å². The number of hydrogen-bond donors (Lipinski definition) is 2. The van der Waals surface area contributed by atoms with Gasteiger partial charge < -0.3 is 19.9 Å². The molecule has 2 fully saturated rings. The first kappa shape index (κ1) is 27.6.